The lowest BCUT2D eigenvalue weighted by Gasteiger charge is -2.31. The Morgan fingerprint density at radius 2 is 2.19 bits per heavy atom. The van der Waals surface area contributed by atoms with E-state index < -0.39 is 0 Å². The standard InChI is InChI=1S/C19H33N5OS/c20-19(21-6-3-8-23-9-11-25-12-10-23)22-14-17-4-1-7-24(15-17)16-18-5-2-13-26-18/h2,5,13,17H,1,3-4,6-12,14-16H2,(H3,20,21,22). The molecule has 1 atom stereocenters. The van der Waals surface area contributed by atoms with Crippen molar-refractivity contribution in [2.45, 2.75) is 25.8 Å². The van der Waals surface area contributed by atoms with Gasteiger partial charge >= 0.3 is 0 Å². The summed E-state index contributed by atoms with van der Waals surface area (Å²) in [6.07, 6.45) is 3.61. The normalized spacial score (nSPS) is 23.2. The van der Waals surface area contributed by atoms with Crippen molar-refractivity contribution in [3.05, 3.63) is 22.4 Å². The number of hydrogen-bond donors (Lipinski definition) is 2. The molecule has 6 nitrogen and oxygen atoms in total. The third kappa shape index (κ3) is 6.87. The van der Waals surface area contributed by atoms with Crippen molar-refractivity contribution in [2.24, 2.45) is 16.6 Å². The molecule has 3 rings (SSSR count). The van der Waals surface area contributed by atoms with Gasteiger partial charge in [-0.1, -0.05) is 6.07 Å². The molecule has 2 aliphatic rings. The minimum absolute atomic E-state index is 0.599. The van der Waals surface area contributed by atoms with E-state index in [1.54, 1.807) is 0 Å². The highest BCUT2D eigenvalue weighted by Gasteiger charge is 2.20. The molecule has 3 heterocycles. The molecule has 0 saturated carbocycles. The van der Waals surface area contributed by atoms with Gasteiger partial charge < -0.3 is 15.8 Å². The van der Waals surface area contributed by atoms with Gasteiger partial charge in [-0.25, -0.2) is 0 Å². The van der Waals surface area contributed by atoms with E-state index >= 15 is 0 Å². The van der Waals surface area contributed by atoms with Crippen LogP contribution < -0.4 is 11.1 Å². The Hall–Kier alpha value is -1.15. The first kappa shape index (κ1) is 19.6. The SMILES string of the molecule is NC(=NCC1CCCN(Cc2cccs2)C1)NCCCN1CCOCC1. The third-order valence-corrected chi connectivity index (χ3v) is 6.00. The van der Waals surface area contributed by atoms with E-state index in [2.05, 4.69) is 37.6 Å². The molecule has 0 aromatic carbocycles. The molecule has 1 aromatic rings. The van der Waals surface area contributed by atoms with E-state index in [-0.39, 0.29) is 0 Å². The predicted octanol–water partition coefficient (Wildman–Crippen LogP) is 1.59. The lowest BCUT2D eigenvalue weighted by molar-refractivity contribution is 0.0376. The smallest absolute Gasteiger partial charge is 0.188 e. The van der Waals surface area contributed by atoms with Gasteiger partial charge in [0.15, 0.2) is 5.96 Å². The van der Waals surface area contributed by atoms with E-state index in [0.717, 1.165) is 65.4 Å². The molecule has 0 amide bonds. The molecule has 2 fully saturated rings. The number of morpholine rings is 1. The Balaban J connectivity index is 1.30. The zero-order chi connectivity index (χ0) is 18.0. The van der Waals surface area contributed by atoms with E-state index in [9.17, 15) is 0 Å². The summed E-state index contributed by atoms with van der Waals surface area (Å²) < 4.78 is 5.37. The van der Waals surface area contributed by atoms with Gasteiger partial charge in [0, 0.05) is 44.1 Å². The minimum atomic E-state index is 0.599. The molecule has 26 heavy (non-hydrogen) atoms. The number of hydrogen-bond acceptors (Lipinski definition) is 5. The van der Waals surface area contributed by atoms with Crippen LogP contribution in [0.3, 0.4) is 0 Å². The summed E-state index contributed by atoms with van der Waals surface area (Å²) in [5.41, 5.74) is 6.05. The van der Waals surface area contributed by atoms with Gasteiger partial charge in [-0.05, 0) is 49.7 Å². The number of likely N-dealkylation sites (tertiary alicyclic amines) is 1. The molecule has 0 spiro atoms. The van der Waals surface area contributed by atoms with Crippen molar-refractivity contribution in [1.29, 1.82) is 0 Å². The summed E-state index contributed by atoms with van der Waals surface area (Å²) >= 11 is 1.85. The molecular weight excluding hydrogens is 346 g/mol. The molecule has 146 valence electrons. The molecule has 0 radical (unpaired) electrons. The van der Waals surface area contributed by atoms with Gasteiger partial charge in [0.05, 0.1) is 13.2 Å². The summed E-state index contributed by atoms with van der Waals surface area (Å²) in [6.45, 7) is 10.1. The van der Waals surface area contributed by atoms with Gasteiger partial charge in [-0.15, -0.1) is 11.3 Å². The van der Waals surface area contributed by atoms with Gasteiger partial charge in [-0.2, -0.15) is 0 Å². The molecule has 7 heteroatoms. The summed E-state index contributed by atoms with van der Waals surface area (Å²) in [5.74, 6) is 1.22. The van der Waals surface area contributed by atoms with Gasteiger partial charge in [0.25, 0.3) is 0 Å². The fraction of sp³-hybridized carbons (Fsp3) is 0.737. The topological polar surface area (TPSA) is 66.1 Å². The second kappa shape index (κ2) is 10.9. The van der Waals surface area contributed by atoms with E-state index in [4.69, 9.17) is 10.5 Å². The predicted molar refractivity (Wildman–Crippen MR) is 109 cm³/mol. The number of nitrogens with two attached hydrogens (primary N) is 1. The first-order chi connectivity index (χ1) is 12.8. The molecular formula is C19H33N5OS. The fourth-order valence-corrected chi connectivity index (χ4v) is 4.44. The molecule has 0 aliphatic carbocycles. The molecule has 1 aromatic heterocycles. The van der Waals surface area contributed by atoms with Crippen LogP contribution in [-0.2, 0) is 11.3 Å². The van der Waals surface area contributed by atoms with Crippen LogP contribution in [0.2, 0.25) is 0 Å². The molecule has 3 N–H and O–H groups in total. The lowest BCUT2D eigenvalue weighted by atomic mass is 9.98. The Morgan fingerprint density at radius 3 is 3.00 bits per heavy atom. The fourth-order valence-electron chi connectivity index (χ4n) is 3.69. The first-order valence-electron chi connectivity index (χ1n) is 9.88. The van der Waals surface area contributed by atoms with E-state index in [0.29, 0.717) is 11.9 Å². The second-order valence-corrected chi connectivity index (χ2v) is 8.32. The van der Waals surface area contributed by atoms with Crippen LogP contribution in [0, 0.1) is 5.92 Å². The zero-order valence-corrected chi connectivity index (χ0v) is 16.6. The highest BCUT2D eigenvalue weighted by Crippen LogP contribution is 2.20. The first-order valence-corrected chi connectivity index (χ1v) is 10.8. The number of aliphatic imine (C=N–C) groups is 1. The highest BCUT2D eigenvalue weighted by molar-refractivity contribution is 7.09. The number of piperidine rings is 1. The molecule has 0 bridgehead atoms. The number of thiophene rings is 1. The largest absolute Gasteiger partial charge is 0.379 e. The van der Waals surface area contributed by atoms with Crippen LogP contribution in [0.1, 0.15) is 24.1 Å². The number of nitrogens with zero attached hydrogens (tertiary/aromatic N) is 3. The third-order valence-electron chi connectivity index (χ3n) is 5.14. The lowest BCUT2D eigenvalue weighted by Crippen LogP contribution is -2.39. The Labute approximate surface area is 161 Å². The Bertz CT molecular complexity index is 530. The summed E-state index contributed by atoms with van der Waals surface area (Å²) in [4.78, 5) is 11.0. The number of guanidine groups is 1. The maximum Gasteiger partial charge on any atom is 0.188 e. The summed E-state index contributed by atoms with van der Waals surface area (Å²) in [7, 11) is 0. The van der Waals surface area contributed by atoms with Gasteiger partial charge in [0.1, 0.15) is 0 Å². The average Bonchev–Trinajstić information content (AvgIpc) is 3.18. The molecule has 1 unspecified atom stereocenters. The Kier molecular flexibility index (Phi) is 8.20. The average molecular weight is 380 g/mol. The van der Waals surface area contributed by atoms with Gasteiger partial charge in [0.2, 0.25) is 0 Å². The minimum Gasteiger partial charge on any atom is -0.379 e. The van der Waals surface area contributed by atoms with Crippen LogP contribution in [0.5, 0.6) is 0 Å². The number of nitrogens with one attached hydrogen (secondary N) is 1. The van der Waals surface area contributed by atoms with Crippen LogP contribution >= 0.6 is 11.3 Å². The summed E-state index contributed by atoms with van der Waals surface area (Å²) in [6, 6.07) is 4.36. The van der Waals surface area contributed by atoms with Crippen molar-refractivity contribution in [3.8, 4) is 0 Å². The summed E-state index contributed by atoms with van der Waals surface area (Å²) in [5, 5.41) is 5.43. The van der Waals surface area contributed by atoms with Crippen molar-refractivity contribution >= 4 is 17.3 Å². The van der Waals surface area contributed by atoms with Crippen molar-refractivity contribution in [3.63, 3.8) is 0 Å². The van der Waals surface area contributed by atoms with Crippen molar-refractivity contribution in [1.82, 2.24) is 15.1 Å². The molecule has 2 aliphatic heterocycles. The van der Waals surface area contributed by atoms with Crippen LogP contribution in [0.25, 0.3) is 0 Å². The number of rotatable bonds is 8. The van der Waals surface area contributed by atoms with Crippen LogP contribution in [0.15, 0.2) is 22.5 Å². The van der Waals surface area contributed by atoms with Gasteiger partial charge in [-0.3, -0.25) is 14.8 Å². The van der Waals surface area contributed by atoms with Crippen LogP contribution in [-0.4, -0.2) is 74.8 Å². The monoisotopic (exact) mass is 379 g/mol. The van der Waals surface area contributed by atoms with Crippen LogP contribution in [0.4, 0.5) is 0 Å². The maximum absolute atomic E-state index is 6.05. The zero-order valence-electron chi connectivity index (χ0n) is 15.7. The maximum atomic E-state index is 6.05. The van der Waals surface area contributed by atoms with Crippen molar-refractivity contribution in [2.75, 3.05) is 59.0 Å². The highest BCUT2D eigenvalue weighted by atomic mass is 32.1. The quantitative estimate of drug-likeness (QED) is 0.408. The van der Waals surface area contributed by atoms with E-state index in [1.165, 1.54) is 24.3 Å². The Morgan fingerprint density at radius 1 is 1.31 bits per heavy atom. The number of ether oxygens (including phenoxy) is 1. The van der Waals surface area contributed by atoms with E-state index in [1.807, 2.05) is 11.3 Å². The van der Waals surface area contributed by atoms with Crippen molar-refractivity contribution < 1.29 is 4.74 Å². The molecule has 2 saturated heterocycles. The second-order valence-electron chi connectivity index (χ2n) is 7.28.